The van der Waals surface area contributed by atoms with Crippen molar-refractivity contribution in [2.45, 2.75) is 32.6 Å². The Morgan fingerprint density at radius 2 is 1.88 bits per heavy atom. The quantitative estimate of drug-likeness (QED) is 0.804. The van der Waals surface area contributed by atoms with Gasteiger partial charge in [-0.2, -0.15) is 0 Å². The summed E-state index contributed by atoms with van der Waals surface area (Å²) in [5, 5.41) is 10.0. The Bertz CT molecular complexity index is 602. The number of aromatic nitrogens is 2. The number of aliphatic hydroxyl groups excluding tert-OH is 1. The van der Waals surface area contributed by atoms with Gasteiger partial charge in [0.15, 0.2) is 0 Å². The van der Waals surface area contributed by atoms with Gasteiger partial charge in [-0.1, -0.05) is 12.1 Å². The molecule has 1 aromatic carbocycles. The van der Waals surface area contributed by atoms with Crippen LogP contribution in [0.15, 0.2) is 24.3 Å². The summed E-state index contributed by atoms with van der Waals surface area (Å²) in [6.45, 7) is 9.86. The average Bonchev–Trinajstić information content (AvgIpc) is 2.97. The fraction of sp³-hybridized carbons (Fsp3) is 0.611. The molecule has 2 heterocycles. The number of aromatic amines is 1. The summed E-state index contributed by atoms with van der Waals surface area (Å²) in [6.07, 6.45) is -0.241. The molecule has 2 N–H and O–H groups in total. The molecular weight excluding hydrogens is 304 g/mol. The Hall–Kier alpha value is -1.47. The van der Waals surface area contributed by atoms with Crippen molar-refractivity contribution in [2.24, 2.45) is 0 Å². The lowest BCUT2D eigenvalue weighted by Gasteiger charge is -2.35. The van der Waals surface area contributed by atoms with Gasteiger partial charge in [-0.3, -0.25) is 9.80 Å². The number of imidazole rings is 1. The van der Waals surface area contributed by atoms with Gasteiger partial charge >= 0.3 is 0 Å². The number of nitrogens with one attached hydrogen (secondary N) is 1. The zero-order valence-electron chi connectivity index (χ0n) is 14.6. The molecule has 1 unspecified atom stereocenters. The molecule has 2 aromatic rings. The van der Waals surface area contributed by atoms with Gasteiger partial charge in [0.2, 0.25) is 0 Å². The summed E-state index contributed by atoms with van der Waals surface area (Å²) >= 11 is 0. The Balaban J connectivity index is 1.43. The molecule has 6 nitrogen and oxygen atoms in total. The number of hydrogen-bond acceptors (Lipinski definition) is 5. The summed E-state index contributed by atoms with van der Waals surface area (Å²) in [5.74, 6) is 1.02. The standard InChI is InChI=1S/C18H28N4O2/c1-14(2)24-13-15(23)11-21-7-9-22(10-8-21)12-18-19-16-5-3-4-6-17(16)20-18/h3-6,14-15,23H,7-13H2,1-2H3,(H,19,20). The number of H-pyrrole nitrogens is 1. The van der Waals surface area contributed by atoms with Gasteiger partial charge in [-0.05, 0) is 26.0 Å². The molecule has 1 aliphatic heterocycles. The van der Waals surface area contributed by atoms with Crippen LogP contribution in [0.4, 0.5) is 0 Å². The van der Waals surface area contributed by atoms with E-state index < -0.39 is 6.10 Å². The van der Waals surface area contributed by atoms with Gasteiger partial charge in [0.1, 0.15) is 5.82 Å². The number of β-amino-alcohol motifs (C(OH)–C–C–N with tert-alkyl or cyclic N) is 1. The lowest BCUT2D eigenvalue weighted by atomic mass is 10.2. The molecule has 1 saturated heterocycles. The highest BCUT2D eigenvalue weighted by Gasteiger charge is 2.20. The van der Waals surface area contributed by atoms with Crippen molar-refractivity contribution in [3.63, 3.8) is 0 Å². The van der Waals surface area contributed by atoms with E-state index in [1.165, 1.54) is 0 Å². The molecule has 0 spiro atoms. The third-order valence-corrected chi connectivity index (χ3v) is 4.37. The number of piperazine rings is 1. The van der Waals surface area contributed by atoms with Crippen molar-refractivity contribution in [2.75, 3.05) is 39.3 Å². The van der Waals surface area contributed by atoms with Crippen LogP contribution in [-0.2, 0) is 11.3 Å². The maximum atomic E-state index is 10.0. The van der Waals surface area contributed by atoms with Crippen molar-refractivity contribution >= 4 is 11.0 Å². The van der Waals surface area contributed by atoms with Crippen LogP contribution < -0.4 is 0 Å². The lowest BCUT2D eigenvalue weighted by molar-refractivity contribution is -0.0149. The van der Waals surface area contributed by atoms with Gasteiger partial charge in [-0.15, -0.1) is 0 Å². The molecule has 1 aliphatic rings. The minimum Gasteiger partial charge on any atom is -0.389 e. The molecule has 3 rings (SSSR count). The third kappa shape index (κ3) is 4.77. The van der Waals surface area contributed by atoms with Crippen LogP contribution >= 0.6 is 0 Å². The molecule has 6 heteroatoms. The molecule has 0 amide bonds. The minimum atomic E-state index is -0.408. The van der Waals surface area contributed by atoms with Crippen LogP contribution in [0.5, 0.6) is 0 Å². The summed E-state index contributed by atoms with van der Waals surface area (Å²) in [5.41, 5.74) is 2.12. The summed E-state index contributed by atoms with van der Waals surface area (Å²) in [7, 11) is 0. The second kappa shape index (κ2) is 8.07. The number of benzene rings is 1. The fourth-order valence-electron chi connectivity index (χ4n) is 3.08. The number of rotatable bonds is 7. The Morgan fingerprint density at radius 3 is 2.58 bits per heavy atom. The molecule has 0 saturated carbocycles. The van der Waals surface area contributed by atoms with Crippen molar-refractivity contribution in [3.8, 4) is 0 Å². The van der Waals surface area contributed by atoms with Gasteiger partial charge in [-0.25, -0.2) is 4.98 Å². The van der Waals surface area contributed by atoms with Gasteiger partial charge in [0, 0.05) is 32.7 Å². The molecule has 132 valence electrons. The van der Waals surface area contributed by atoms with E-state index in [2.05, 4.69) is 25.8 Å². The molecule has 24 heavy (non-hydrogen) atoms. The summed E-state index contributed by atoms with van der Waals surface area (Å²) < 4.78 is 5.47. The monoisotopic (exact) mass is 332 g/mol. The fourth-order valence-corrected chi connectivity index (χ4v) is 3.08. The number of fused-ring (bicyclic) bond motifs is 1. The van der Waals surface area contributed by atoms with Gasteiger partial charge < -0.3 is 14.8 Å². The van der Waals surface area contributed by atoms with Crippen LogP contribution in [0.25, 0.3) is 11.0 Å². The van der Waals surface area contributed by atoms with E-state index in [4.69, 9.17) is 4.74 Å². The average molecular weight is 332 g/mol. The first-order valence-corrected chi connectivity index (χ1v) is 8.78. The minimum absolute atomic E-state index is 0.167. The van der Waals surface area contributed by atoms with Gasteiger partial charge in [0.25, 0.3) is 0 Å². The predicted molar refractivity (Wildman–Crippen MR) is 94.9 cm³/mol. The van der Waals surface area contributed by atoms with E-state index in [1.54, 1.807) is 0 Å². The van der Waals surface area contributed by atoms with E-state index in [9.17, 15) is 5.11 Å². The normalized spacial score (nSPS) is 18.5. The first-order chi connectivity index (χ1) is 11.6. The lowest BCUT2D eigenvalue weighted by Crippen LogP contribution is -2.48. The topological polar surface area (TPSA) is 64.6 Å². The second-order valence-electron chi connectivity index (χ2n) is 6.81. The van der Waals surface area contributed by atoms with Crippen molar-refractivity contribution < 1.29 is 9.84 Å². The first kappa shape index (κ1) is 17.4. The van der Waals surface area contributed by atoms with E-state index in [0.29, 0.717) is 13.2 Å². The maximum absolute atomic E-state index is 10.0. The second-order valence-corrected chi connectivity index (χ2v) is 6.81. The van der Waals surface area contributed by atoms with Crippen LogP contribution in [0, 0.1) is 0 Å². The molecule has 1 fully saturated rings. The molecular formula is C18H28N4O2. The van der Waals surface area contributed by atoms with E-state index >= 15 is 0 Å². The summed E-state index contributed by atoms with van der Waals surface area (Å²) in [4.78, 5) is 12.8. The van der Waals surface area contributed by atoms with E-state index in [1.807, 2.05) is 32.0 Å². The van der Waals surface area contributed by atoms with E-state index in [-0.39, 0.29) is 6.10 Å². The molecule has 1 aromatic heterocycles. The SMILES string of the molecule is CC(C)OCC(O)CN1CCN(Cc2nc3ccccc3[nH]2)CC1. The molecule has 1 atom stereocenters. The molecule has 0 aliphatic carbocycles. The molecule has 0 bridgehead atoms. The number of nitrogens with zero attached hydrogens (tertiary/aromatic N) is 3. The van der Waals surface area contributed by atoms with Crippen molar-refractivity contribution in [1.29, 1.82) is 0 Å². The smallest absolute Gasteiger partial charge is 0.121 e. The van der Waals surface area contributed by atoms with Crippen LogP contribution in [-0.4, -0.2) is 76.4 Å². The number of hydrogen-bond donors (Lipinski definition) is 2. The van der Waals surface area contributed by atoms with Crippen molar-refractivity contribution in [3.05, 3.63) is 30.1 Å². The van der Waals surface area contributed by atoms with Crippen LogP contribution in [0.1, 0.15) is 19.7 Å². The molecule has 0 radical (unpaired) electrons. The zero-order valence-corrected chi connectivity index (χ0v) is 14.6. The highest BCUT2D eigenvalue weighted by molar-refractivity contribution is 5.74. The predicted octanol–water partition coefficient (Wildman–Crippen LogP) is 1.47. The largest absolute Gasteiger partial charge is 0.389 e. The highest BCUT2D eigenvalue weighted by Crippen LogP contribution is 2.13. The zero-order chi connectivity index (χ0) is 16.9. The third-order valence-electron chi connectivity index (χ3n) is 4.37. The first-order valence-electron chi connectivity index (χ1n) is 8.78. The van der Waals surface area contributed by atoms with Crippen LogP contribution in [0.3, 0.4) is 0 Å². The Kier molecular flexibility index (Phi) is 5.84. The Labute approximate surface area is 143 Å². The number of ether oxygens (including phenoxy) is 1. The Morgan fingerprint density at radius 1 is 1.17 bits per heavy atom. The number of para-hydroxylation sites is 2. The van der Waals surface area contributed by atoms with Gasteiger partial charge in [0.05, 0.1) is 36.4 Å². The maximum Gasteiger partial charge on any atom is 0.121 e. The van der Waals surface area contributed by atoms with E-state index in [0.717, 1.165) is 49.6 Å². The van der Waals surface area contributed by atoms with Crippen LogP contribution in [0.2, 0.25) is 0 Å². The van der Waals surface area contributed by atoms with Crippen molar-refractivity contribution in [1.82, 2.24) is 19.8 Å². The highest BCUT2D eigenvalue weighted by atomic mass is 16.5. The number of aliphatic hydroxyl groups is 1. The summed E-state index contributed by atoms with van der Waals surface area (Å²) in [6, 6.07) is 8.13.